The Morgan fingerprint density at radius 3 is 2.00 bits per heavy atom. The van der Waals surface area contributed by atoms with Crippen molar-refractivity contribution in [2.24, 2.45) is 0 Å². The second-order valence-electron chi connectivity index (χ2n) is 6.89. The molecular formula is C25H17N. The van der Waals surface area contributed by atoms with E-state index < -0.39 is 0 Å². The first-order valence-electron chi connectivity index (χ1n) is 8.98. The summed E-state index contributed by atoms with van der Waals surface area (Å²) in [4.78, 5) is 0. The highest BCUT2D eigenvalue weighted by atomic mass is 14.2. The number of benzene rings is 5. The predicted molar refractivity (Wildman–Crippen MR) is 109 cm³/mol. The molecule has 0 aliphatic heterocycles. The molecule has 122 valence electrons. The van der Waals surface area contributed by atoms with E-state index in [0.29, 0.717) is 0 Å². The van der Waals surface area contributed by atoms with Gasteiger partial charge in [-0.2, -0.15) is 5.26 Å². The molecule has 1 heteroatoms. The van der Waals surface area contributed by atoms with Gasteiger partial charge in [-0.25, -0.2) is 0 Å². The maximum atomic E-state index is 8.94. The van der Waals surface area contributed by atoms with Crippen molar-refractivity contribution >= 4 is 32.3 Å². The quantitative estimate of drug-likeness (QED) is 0.359. The highest BCUT2D eigenvalue weighted by Crippen LogP contribution is 2.36. The lowest BCUT2D eigenvalue weighted by atomic mass is 9.90. The summed E-state index contributed by atoms with van der Waals surface area (Å²) in [6.07, 6.45) is 1.98. The van der Waals surface area contributed by atoms with Crippen LogP contribution in [-0.4, -0.2) is 0 Å². The van der Waals surface area contributed by atoms with E-state index in [1.54, 1.807) is 0 Å². The lowest BCUT2D eigenvalue weighted by Crippen LogP contribution is -1.94. The van der Waals surface area contributed by atoms with Gasteiger partial charge in [0.05, 0.1) is 11.6 Å². The summed E-state index contributed by atoms with van der Waals surface area (Å²) in [6, 6.07) is 30.1. The van der Waals surface area contributed by atoms with Crippen LogP contribution in [0.1, 0.15) is 16.7 Å². The predicted octanol–water partition coefficient (Wildman–Crippen LogP) is 6.24. The minimum atomic E-state index is 0.719. The zero-order valence-corrected chi connectivity index (χ0v) is 14.4. The largest absolute Gasteiger partial charge is 0.192 e. The third kappa shape index (κ3) is 2.31. The fourth-order valence-corrected chi connectivity index (χ4v) is 4.04. The molecule has 0 amide bonds. The molecule has 0 heterocycles. The number of nitriles is 1. The van der Waals surface area contributed by atoms with E-state index in [2.05, 4.69) is 72.8 Å². The van der Waals surface area contributed by atoms with Crippen LogP contribution in [0.2, 0.25) is 0 Å². The molecule has 0 saturated heterocycles. The number of hydrogen-bond acceptors (Lipinski definition) is 1. The molecule has 0 N–H and O–H groups in total. The molecule has 26 heavy (non-hydrogen) atoms. The fraction of sp³-hybridized carbons (Fsp3) is 0.0800. The fourth-order valence-electron chi connectivity index (χ4n) is 4.04. The maximum Gasteiger partial charge on any atom is 0.0991 e. The Balaban J connectivity index is 1.60. The second-order valence-corrected chi connectivity index (χ2v) is 6.89. The Morgan fingerprint density at radius 2 is 1.27 bits per heavy atom. The molecule has 5 rings (SSSR count). The molecule has 0 aromatic heterocycles. The van der Waals surface area contributed by atoms with Crippen molar-refractivity contribution in [3.63, 3.8) is 0 Å². The van der Waals surface area contributed by atoms with Crippen LogP contribution in [0, 0.1) is 11.3 Å². The molecule has 0 saturated carbocycles. The van der Waals surface area contributed by atoms with Crippen molar-refractivity contribution in [2.45, 2.75) is 12.8 Å². The zero-order chi connectivity index (χ0) is 17.5. The summed E-state index contributed by atoms with van der Waals surface area (Å²) in [7, 11) is 0. The highest BCUT2D eigenvalue weighted by molar-refractivity contribution is 6.23. The van der Waals surface area contributed by atoms with Gasteiger partial charge in [-0.3, -0.25) is 0 Å². The Hall–Kier alpha value is -3.37. The molecule has 0 radical (unpaired) electrons. The van der Waals surface area contributed by atoms with Crippen molar-refractivity contribution in [3.8, 4) is 6.07 Å². The minimum absolute atomic E-state index is 0.719. The topological polar surface area (TPSA) is 23.8 Å². The molecule has 0 aliphatic carbocycles. The molecule has 0 aliphatic rings. The molecule has 0 spiro atoms. The molecule has 0 atom stereocenters. The minimum Gasteiger partial charge on any atom is -0.192 e. The van der Waals surface area contributed by atoms with Crippen LogP contribution in [-0.2, 0) is 12.8 Å². The van der Waals surface area contributed by atoms with E-state index in [9.17, 15) is 0 Å². The van der Waals surface area contributed by atoms with Gasteiger partial charge in [0, 0.05) is 0 Å². The number of hydrogen-bond donors (Lipinski definition) is 0. The van der Waals surface area contributed by atoms with Crippen molar-refractivity contribution < 1.29 is 0 Å². The smallest absolute Gasteiger partial charge is 0.0991 e. The molecule has 5 aromatic carbocycles. The summed E-state index contributed by atoms with van der Waals surface area (Å²) in [5.74, 6) is 0. The first kappa shape index (κ1) is 14.9. The van der Waals surface area contributed by atoms with Crippen LogP contribution in [0.4, 0.5) is 0 Å². The molecule has 0 fully saturated rings. The van der Waals surface area contributed by atoms with E-state index in [1.807, 2.05) is 12.1 Å². The summed E-state index contributed by atoms with van der Waals surface area (Å²) >= 11 is 0. The van der Waals surface area contributed by atoms with Crippen molar-refractivity contribution in [2.75, 3.05) is 0 Å². The molecule has 0 unspecified atom stereocenters. The van der Waals surface area contributed by atoms with E-state index in [0.717, 1.165) is 18.4 Å². The standard InChI is InChI=1S/C25H17N/c26-16-18-6-4-17(5-7-18)8-9-19-10-11-22-13-12-20-2-1-3-21-14-15-23(19)25(22)24(20)21/h1-7,10-15H,8-9H2. The molecule has 1 nitrogen and oxygen atoms in total. The Kier molecular flexibility index (Phi) is 3.37. The van der Waals surface area contributed by atoms with Crippen molar-refractivity contribution in [1.82, 2.24) is 0 Å². The number of nitrogens with zero attached hydrogens (tertiary/aromatic N) is 1. The summed E-state index contributed by atoms with van der Waals surface area (Å²) in [6.45, 7) is 0. The van der Waals surface area contributed by atoms with Crippen LogP contribution >= 0.6 is 0 Å². The molecular weight excluding hydrogens is 314 g/mol. The van der Waals surface area contributed by atoms with Crippen LogP contribution in [0.25, 0.3) is 32.3 Å². The van der Waals surface area contributed by atoms with Gasteiger partial charge in [0.25, 0.3) is 0 Å². The van der Waals surface area contributed by atoms with Crippen LogP contribution in [0.5, 0.6) is 0 Å². The first-order chi connectivity index (χ1) is 12.8. The number of rotatable bonds is 3. The summed E-state index contributed by atoms with van der Waals surface area (Å²) in [5.41, 5.74) is 3.38. The lowest BCUT2D eigenvalue weighted by molar-refractivity contribution is 0.969. The average Bonchev–Trinajstić information content (AvgIpc) is 2.71. The number of aryl methyl sites for hydroxylation is 2. The normalized spacial score (nSPS) is 11.3. The third-order valence-electron chi connectivity index (χ3n) is 5.39. The second kappa shape index (κ2) is 5.86. The van der Waals surface area contributed by atoms with Crippen LogP contribution < -0.4 is 0 Å². The van der Waals surface area contributed by atoms with Crippen LogP contribution in [0.15, 0.2) is 78.9 Å². The summed E-state index contributed by atoms with van der Waals surface area (Å²) in [5, 5.41) is 17.0. The van der Waals surface area contributed by atoms with Gasteiger partial charge in [0.1, 0.15) is 0 Å². The van der Waals surface area contributed by atoms with Crippen molar-refractivity contribution in [1.29, 1.82) is 5.26 Å². The molecule has 5 aromatic rings. The molecule has 0 bridgehead atoms. The van der Waals surface area contributed by atoms with Gasteiger partial charge in [-0.15, -0.1) is 0 Å². The third-order valence-corrected chi connectivity index (χ3v) is 5.39. The highest BCUT2D eigenvalue weighted by Gasteiger charge is 2.10. The van der Waals surface area contributed by atoms with E-state index in [-0.39, 0.29) is 0 Å². The Labute approximate surface area is 152 Å². The van der Waals surface area contributed by atoms with Gasteiger partial charge >= 0.3 is 0 Å². The Bertz CT molecular complexity index is 1260. The van der Waals surface area contributed by atoms with E-state index >= 15 is 0 Å². The SMILES string of the molecule is N#Cc1ccc(CCc2ccc3ccc4cccc5ccc2c3c45)cc1. The van der Waals surface area contributed by atoms with E-state index in [1.165, 1.54) is 43.4 Å². The van der Waals surface area contributed by atoms with Gasteiger partial charge in [0.15, 0.2) is 0 Å². The van der Waals surface area contributed by atoms with Gasteiger partial charge in [0.2, 0.25) is 0 Å². The maximum absolute atomic E-state index is 8.94. The van der Waals surface area contributed by atoms with Gasteiger partial charge < -0.3 is 0 Å². The van der Waals surface area contributed by atoms with Gasteiger partial charge in [-0.05, 0) is 68.4 Å². The van der Waals surface area contributed by atoms with Gasteiger partial charge in [-0.1, -0.05) is 66.7 Å². The van der Waals surface area contributed by atoms with Crippen molar-refractivity contribution in [3.05, 3.63) is 95.6 Å². The Morgan fingerprint density at radius 1 is 0.615 bits per heavy atom. The van der Waals surface area contributed by atoms with E-state index in [4.69, 9.17) is 5.26 Å². The monoisotopic (exact) mass is 331 g/mol. The summed E-state index contributed by atoms with van der Waals surface area (Å²) < 4.78 is 0. The average molecular weight is 331 g/mol. The lowest BCUT2D eigenvalue weighted by Gasteiger charge is -2.14. The first-order valence-corrected chi connectivity index (χ1v) is 8.98. The zero-order valence-electron chi connectivity index (χ0n) is 14.4. The van der Waals surface area contributed by atoms with Crippen LogP contribution in [0.3, 0.4) is 0 Å².